The SMILES string of the molecule is CCCCCCCCC=CCCCCCCCC(=O)CC(N)C(O)O.O=CO. The fraction of sp³-hybridized carbons (Fsp3) is 0.818. The van der Waals surface area contributed by atoms with Gasteiger partial charge in [0.25, 0.3) is 6.47 Å². The second-order valence-electron chi connectivity index (χ2n) is 7.26. The van der Waals surface area contributed by atoms with E-state index in [-0.39, 0.29) is 18.7 Å². The first kappa shape index (κ1) is 29.0. The highest BCUT2D eigenvalue weighted by Gasteiger charge is 2.15. The van der Waals surface area contributed by atoms with Gasteiger partial charge in [0, 0.05) is 12.8 Å². The standard InChI is InChI=1S/C21H41NO3.CH2O2/c1-2-3-4-5-6-7-8-9-10-11-12-13-14-15-16-17-19(23)18-20(22)21(24)25;2-1-3/h9-10,20-21,24-25H,2-8,11-18,22H2,1H3;1H,(H,2,3). The minimum atomic E-state index is -1.60. The molecule has 6 nitrogen and oxygen atoms in total. The second-order valence-corrected chi connectivity index (χ2v) is 7.26. The normalized spacial score (nSPS) is 12.0. The average Bonchev–Trinajstić information content (AvgIpc) is 2.65. The van der Waals surface area contributed by atoms with E-state index in [0.29, 0.717) is 6.42 Å². The van der Waals surface area contributed by atoms with Gasteiger partial charge in [-0.1, -0.05) is 70.4 Å². The zero-order valence-electron chi connectivity index (χ0n) is 17.7. The third-order valence-corrected chi connectivity index (χ3v) is 4.56. The lowest BCUT2D eigenvalue weighted by molar-refractivity contribution is -0.123. The maximum atomic E-state index is 11.6. The lowest BCUT2D eigenvalue weighted by Crippen LogP contribution is -2.36. The van der Waals surface area contributed by atoms with Crippen molar-refractivity contribution in [2.75, 3.05) is 0 Å². The van der Waals surface area contributed by atoms with Gasteiger partial charge >= 0.3 is 0 Å². The molecule has 0 heterocycles. The molecule has 0 saturated carbocycles. The molecule has 0 saturated heterocycles. The second kappa shape index (κ2) is 23.8. The number of allylic oxidation sites excluding steroid dienone is 2. The molecular formula is C22H43NO5. The third kappa shape index (κ3) is 24.8. The summed E-state index contributed by atoms with van der Waals surface area (Å²) in [5.74, 6) is 0.0261. The number of aliphatic hydroxyl groups is 2. The van der Waals surface area contributed by atoms with Crippen molar-refractivity contribution >= 4 is 12.3 Å². The van der Waals surface area contributed by atoms with E-state index < -0.39 is 12.3 Å². The van der Waals surface area contributed by atoms with Crippen molar-refractivity contribution < 1.29 is 24.9 Å². The number of aliphatic hydroxyl groups excluding tert-OH is 1. The molecule has 5 N–H and O–H groups in total. The third-order valence-electron chi connectivity index (χ3n) is 4.56. The van der Waals surface area contributed by atoms with Gasteiger partial charge in [0.2, 0.25) is 0 Å². The highest BCUT2D eigenvalue weighted by Crippen LogP contribution is 2.11. The molecule has 6 heteroatoms. The van der Waals surface area contributed by atoms with Crippen molar-refractivity contribution in [3.05, 3.63) is 12.2 Å². The number of nitrogens with two attached hydrogens (primary N) is 1. The minimum absolute atomic E-state index is 0.0261. The highest BCUT2D eigenvalue weighted by molar-refractivity contribution is 5.78. The molecule has 0 aliphatic rings. The monoisotopic (exact) mass is 401 g/mol. The zero-order valence-corrected chi connectivity index (χ0v) is 17.7. The Morgan fingerprint density at radius 3 is 1.75 bits per heavy atom. The summed E-state index contributed by atoms with van der Waals surface area (Å²) in [5.41, 5.74) is 5.45. The van der Waals surface area contributed by atoms with Crippen LogP contribution < -0.4 is 5.73 Å². The molecule has 166 valence electrons. The van der Waals surface area contributed by atoms with E-state index in [1.165, 1.54) is 57.8 Å². The summed E-state index contributed by atoms with van der Waals surface area (Å²) in [4.78, 5) is 19.9. The Bertz CT molecular complexity index is 372. The summed E-state index contributed by atoms with van der Waals surface area (Å²) in [7, 11) is 0. The fourth-order valence-corrected chi connectivity index (χ4v) is 2.86. The smallest absolute Gasteiger partial charge is 0.290 e. The van der Waals surface area contributed by atoms with Gasteiger partial charge in [-0.15, -0.1) is 0 Å². The van der Waals surface area contributed by atoms with E-state index >= 15 is 0 Å². The average molecular weight is 402 g/mol. The van der Waals surface area contributed by atoms with E-state index in [1.54, 1.807) is 0 Å². The van der Waals surface area contributed by atoms with Crippen LogP contribution in [0.5, 0.6) is 0 Å². The van der Waals surface area contributed by atoms with Gasteiger partial charge in [-0.2, -0.15) is 0 Å². The zero-order chi connectivity index (χ0) is 21.5. The summed E-state index contributed by atoms with van der Waals surface area (Å²) in [6.45, 7) is 2.00. The van der Waals surface area contributed by atoms with Crippen LogP contribution in [0.2, 0.25) is 0 Å². The molecular weight excluding hydrogens is 358 g/mol. The molecule has 0 aliphatic heterocycles. The van der Waals surface area contributed by atoms with Crippen LogP contribution in [0.3, 0.4) is 0 Å². The predicted molar refractivity (Wildman–Crippen MR) is 114 cm³/mol. The number of unbranched alkanes of at least 4 members (excludes halogenated alkanes) is 11. The highest BCUT2D eigenvalue weighted by atomic mass is 16.5. The van der Waals surface area contributed by atoms with Crippen LogP contribution in [-0.4, -0.2) is 39.9 Å². The molecule has 0 aromatic heterocycles. The molecule has 1 unspecified atom stereocenters. The number of Topliss-reactive ketones (excluding diaryl/α,β-unsaturated/α-hetero) is 1. The van der Waals surface area contributed by atoms with E-state index in [0.717, 1.165) is 25.7 Å². The summed E-state index contributed by atoms with van der Waals surface area (Å²) in [5, 5.41) is 24.6. The van der Waals surface area contributed by atoms with Gasteiger partial charge in [-0.25, -0.2) is 0 Å². The molecule has 0 aliphatic carbocycles. The van der Waals surface area contributed by atoms with Crippen molar-refractivity contribution in [1.82, 2.24) is 0 Å². The van der Waals surface area contributed by atoms with Crippen molar-refractivity contribution in [3.63, 3.8) is 0 Å². The maximum Gasteiger partial charge on any atom is 0.290 e. The number of carboxylic acid groups (broad SMARTS) is 1. The van der Waals surface area contributed by atoms with Crippen LogP contribution in [0.4, 0.5) is 0 Å². The first-order chi connectivity index (χ1) is 13.5. The van der Waals surface area contributed by atoms with Crippen molar-refractivity contribution in [3.8, 4) is 0 Å². The lowest BCUT2D eigenvalue weighted by atomic mass is 10.0. The van der Waals surface area contributed by atoms with E-state index in [4.69, 9.17) is 25.8 Å². The van der Waals surface area contributed by atoms with Crippen molar-refractivity contribution in [2.24, 2.45) is 5.73 Å². The fourth-order valence-electron chi connectivity index (χ4n) is 2.86. The van der Waals surface area contributed by atoms with E-state index in [9.17, 15) is 4.79 Å². The van der Waals surface area contributed by atoms with Gasteiger partial charge < -0.3 is 21.1 Å². The van der Waals surface area contributed by atoms with Gasteiger partial charge in [-0.3, -0.25) is 9.59 Å². The Balaban J connectivity index is 0. The molecule has 0 rings (SSSR count). The number of carbonyl (C=O) groups is 2. The van der Waals surface area contributed by atoms with Gasteiger partial charge in [0.1, 0.15) is 5.78 Å². The molecule has 0 aromatic carbocycles. The van der Waals surface area contributed by atoms with Gasteiger partial charge in [-0.05, 0) is 32.1 Å². The number of hydrogen-bond donors (Lipinski definition) is 4. The van der Waals surface area contributed by atoms with E-state index in [1.807, 2.05) is 0 Å². The molecule has 0 aromatic rings. The molecule has 1 atom stereocenters. The van der Waals surface area contributed by atoms with Crippen molar-refractivity contribution in [1.29, 1.82) is 0 Å². The Morgan fingerprint density at radius 2 is 1.29 bits per heavy atom. The van der Waals surface area contributed by atoms with Crippen LogP contribution in [0.25, 0.3) is 0 Å². The lowest BCUT2D eigenvalue weighted by Gasteiger charge is -2.12. The Kier molecular flexibility index (Phi) is 24.6. The van der Waals surface area contributed by atoms with Crippen LogP contribution in [0, 0.1) is 0 Å². The Labute approximate surface area is 171 Å². The number of hydrogen-bond acceptors (Lipinski definition) is 5. The van der Waals surface area contributed by atoms with Crippen LogP contribution in [0.1, 0.15) is 103 Å². The summed E-state index contributed by atoms with van der Waals surface area (Å²) in [6, 6.07) is -0.851. The minimum Gasteiger partial charge on any atom is -0.483 e. The van der Waals surface area contributed by atoms with Crippen LogP contribution in [-0.2, 0) is 9.59 Å². The molecule has 0 spiro atoms. The quantitative estimate of drug-likeness (QED) is 0.117. The molecule has 0 bridgehead atoms. The van der Waals surface area contributed by atoms with Crippen LogP contribution in [0.15, 0.2) is 12.2 Å². The van der Waals surface area contributed by atoms with Crippen molar-refractivity contribution in [2.45, 2.75) is 116 Å². The predicted octanol–water partition coefficient (Wildman–Crippen LogP) is 4.32. The first-order valence-electron chi connectivity index (χ1n) is 10.9. The number of carbonyl (C=O) groups excluding carboxylic acids is 1. The Hall–Kier alpha value is -1.24. The molecule has 0 radical (unpaired) electrons. The topological polar surface area (TPSA) is 121 Å². The van der Waals surface area contributed by atoms with Gasteiger partial charge in [0.05, 0.1) is 6.04 Å². The molecule has 28 heavy (non-hydrogen) atoms. The summed E-state index contributed by atoms with van der Waals surface area (Å²) >= 11 is 0. The Morgan fingerprint density at radius 1 is 0.857 bits per heavy atom. The summed E-state index contributed by atoms with van der Waals surface area (Å²) in [6.07, 6.45) is 19.7. The van der Waals surface area contributed by atoms with Crippen LogP contribution >= 0.6 is 0 Å². The van der Waals surface area contributed by atoms with E-state index in [2.05, 4.69) is 19.1 Å². The number of ketones is 1. The number of rotatable bonds is 18. The first-order valence-corrected chi connectivity index (χ1v) is 10.9. The maximum absolute atomic E-state index is 11.6. The molecule has 0 fully saturated rings. The summed E-state index contributed by atoms with van der Waals surface area (Å²) < 4.78 is 0. The molecule has 0 amide bonds. The largest absolute Gasteiger partial charge is 0.483 e. The van der Waals surface area contributed by atoms with Gasteiger partial charge in [0.15, 0.2) is 6.29 Å².